The zero-order chi connectivity index (χ0) is 16.5. The largest absolute Gasteiger partial charge is 0.497 e. The molecule has 5 heteroatoms. The number of carbonyl (C=O) groups excluding carboxylic acids is 1. The Morgan fingerprint density at radius 1 is 1.27 bits per heavy atom. The van der Waals surface area contributed by atoms with E-state index < -0.39 is 0 Å². The number of esters is 1. The van der Waals surface area contributed by atoms with E-state index in [1.165, 1.54) is 20.3 Å². The number of methoxy groups -OCH3 is 2. The summed E-state index contributed by atoms with van der Waals surface area (Å²) in [6.45, 7) is 7.48. The molecule has 1 saturated heterocycles. The maximum Gasteiger partial charge on any atom is 0.310 e. The molecule has 0 amide bonds. The monoisotopic (exact) mass is 309 g/mol. The summed E-state index contributed by atoms with van der Waals surface area (Å²) in [6.07, 6.45) is 0. The van der Waals surface area contributed by atoms with Crippen LogP contribution in [0.25, 0.3) is 0 Å². The number of likely N-dealkylation sites (tertiary alicyclic amines) is 1. The Kier molecular flexibility index (Phi) is 4.75. The van der Waals surface area contributed by atoms with Crippen molar-refractivity contribution in [3.05, 3.63) is 29.6 Å². The molecule has 0 saturated carbocycles. The van der Waals surface area contributed by atoms with Crippen LogP contribution in [0.1, 0.15) is 32.3 Å². The summed E-state index contributed by atoms with van der Waals surface area (Å²) in [5.74, 6) is -0.716. The molecule has 0 bridgehead atoms. The Bertz CT molecular complexity index is 553. The first-order valence-corrected chi connectivity index (χ1v) is 7.44. The minimum Gasteiger partial charge on any atom is -0.497 e. The summed E-state index contributed by atoms with van der Waals surface area (Å²) < 4.78 is 24.4. The van der Waals surface area contributed by atoms with Crippen LogP contribution in [0.3, 0.4) is 0 Å². The van der Waals surface area contributed by atoms with E-state index in [1.807, 2.05) is 0 Å². The van der Waals surface area contributed by atoms with E-state index in [0.717, 1.165) is 0 Å². The lowest BCUT2D eigenvalue weighted by Crippen LogP contribution is -2.40. The van der Waals surface area contributed by atoms with E-state index in [2.05, 4.69) is 25.7 Å². The van der Waals surface area contributed by atoms with E-state index in [4.69, 9.17) is 9.47 Å². The van der Waals surface area contributed by atoms with Gasteiger partial charge in [-0.15, -0.1) is 0 Å². The molecule has 0 unspecified atom stereocenters. The van der Waals surface area contributed by atoms with E-state index >= 15 is 0 Å². The van der Waals surface area contributed by atoms with Gasteiger partial charge in [0.05, 0.1) is 20.1 Å². The van der Waals surface area contributed by atoms with Gasteiger partial charge in [-0.05, 0) is 32.4 Å². The van der Waals surface area contributed by atoms with Crippen molar-refractivity contribution in [2.75, 3.05) is 27.3 Å². The van der Waals surface area contributed by atoms with Crippen molar-refractivity contribution in [2.45, 2.75) is 32.2 Å². The first kappa shape index (κ1) is 16.7. The molecule has 1 aromatic rings. The Hall–Kier alpha value is -1.62. The second-order valence-electron chi connectivity index (χ2n) is 6.70. The number of ether oxygens (including phenoxy) is 2. The molecule has 0 aliphatic carbocycles. The topological polar surface area (TPSA) is 38.8 Å². The highest BCUT2D eigenvalue weighted by molar-refractivity contribution is 5.74. The fourth-order valence-electron chi connectivity index (χ4n) is 2.99. The van der Waals surface area contributed by atoms with Crippen molar-refractivity contribution in [1.82, 2.24) is 4.90 Å². The molecule has 4 nitrogen and oxygen atoms in total. The van der Waals surface area contributed by atoms with Crippen LogP contribution in [0, 0.1) is 11.7 Å². The van der Waals surface area contributed by atoms with Crippen LogP contribution in [-0.4, -0.2) is 43.7 Å². The lowest BCUT2D eigenvalue weighted by molar-refractivity contribution is -0.145. The van der Waals surface area contributed by atoms with Gasteiger partial charge >= 0.3 is 5.97 Å². The van der Waals surface area contributed by atoms with Crippen LogP contribution in [0.4, 0.5) is 4.39 Å². The number of carbonyl (C=O) groups is 1. The molecular formula is C17H24FNO3. The van der Waals surface area contributed by atoms with Gasteiger partial charge in [-0.25, -0.2) is 4.39 Å². The summed E-state index contributed by atoms with van der Waals surface area (Å²) in [7, 11) is 2.88. The lowest BCUT2D eigenvalue weighted by atomic mass is 9.88. The van der Waals surface area contributed by atoms with Crippen LogP contribution in [0.2, 0.25) is 0 Å². The summed E-state index contributed by atoms with van der Waals surface area (Å²) >= 11 is 0. The van der Waals surface area contributed by atoms with E-state index in [1.54, 1.807) is 12.1 Å². The first-order valence-electron chi connectivity index (χ1n) is 7.44. The third kappa shape index (κ3) is 3.24. The number of nitrogens with zero attached hydrogens (tertiary/aromatic N) is 1. The standard InChI is InChI=1S/C17H24FNO3/c1-17(2,3)19-9-13(14(10-19)16(20)22-5)12-7-6-11(21-4)8-15(12)18/h6-8,13-14H,9-10H2,1-5H3/t13-,14+/m0/s1. The molecule has 122 valence electrons. The van der Waals surface area contributed by atoms with Crippen molar-refractivity contribution in [2.24, 2.45) is 5.92 Å². The third-order valence-electron chi connectivity index (χ3n) is 4.38. The average Bonchev–Trinajstić information content (AvgIpc) is 2.91. The predicted molar refractivity (Wildman–Crippen MR) is 82.5 cm³/mol. The summed E-state index contributed by atoms with van der Waals surface area (Å²) in [5, 5.41) is 0. The van der Waals surface area contributed by atoms with Gasteiger partial charge in [0.15, 0.2) is 0 Å². The van der Waals surface area contributed by atoms with Crippen molar-refractivity contribution >= 4 is 5.97 Å². The molecule has 22 heavy (non-hydrogen) atoms. The molecular weight excluding hydrogens is 285 g/mol. The van der Waals surface area contributed by atoms with Gasteiger partial charge in [-0.1, -0.05) is 6.07 Å². The van der Waals surface area contributed by atoms with Crippen LogP contribution in [0.15, 0.2) is 18.2 Å². The van der Waals surface area contributed by atoms with Crippen molar-refractivity contribution in [1.29, 1.82) is 0 Å². The fraction of sp³-hybridized carbons (Fsp3) is 0.588. The third-order valence-corrected chi connectivity index (χ3v) is 4.38. The highest BCUT2D eigenvalue weighted by atomic mass is 19.1. The predicted octanol–water partition coefficient (Wildman–Crippen LogP) is 2.82. The van der Waals surface area contributed by atoms with Crippen LogP contribution < -0.4 is 4.74 Å². The minimum atomic E-state index is -0.355. The minimum absolute atomic E-state index is 0.0794. The number of hydrogen-bond donors (Lipinski definition) is 0. The molecule has 2 atom stereocenters. The molecule has 1 heterocycles. The molecule has 0 aromatic heterocycles. The van der Waals surface area contributed by atoms with Gasteiger partial charge in [-0.2, -0.15) is 0 Å². The van der Waals surface area contributed by atoms with Gasteiger partial charge in [0.2, 0.25) is 0 Å². The molecule has 1 fully saturated rings. The molecule has 0 spiro atoms. The van der Waals surface area contributed by atoms with Crippen LogP contribution in [-0.2, 0) is 9.53 Å². The maximum absolute atomic E-state index is 14.4. The summed E-state index contributed by atoms with van der Waals surface area (Å²) in [6, 6.07) is 4.80. The lowest BCUT2D eigenvalue weighted by Gasteiger charge is -2.31. The Morgan fingerprint density at radius 2 is 1.95 bits per heavy atom. The molecule has 0 radical (unpaired) electrons. The smallest absolute Gasteiger partial charge is 0.310 e. The van der Waals surface area contributed by atoms with Gasteiger partial charge in [0, 0.05) is 30.6 Å². The zero-order valence-corrected chi connectivity index (χ0v) is 13.9. The fourth-order valence-corrected chi connectivity index (χ4v) is 2.99. The quantitative estimate of drug-likeness (QED) is 0.805. The summed E-state index contributed by atoms with van der Waals surface area (Å²) in [4.78, 5) is 14.3. The molecule has 1 aromatic carbocycles. The number of halogens is 1. The van der Waals surface area contributed by atoms with Gasteiger partial charge in [0.1, 0.15) is 11.6 Å². The van der Waals surface area contributed by atoms with E-state index in [9.17, 15) is 9.18 Å². The average molecular weight is 309 g/mol. The molecule has 0 N–H and O–H groups in total. The van der Waals surface area contributed by atoms with Gasteiger partial charge in [-0.3, -0.25) is 9.69 Å². The van der Waals surface area contributed by atoms with Crippen molar-refractivity contribution in [3.63, 3.8) is 0 Å². The van der Waals surface area contributed by atoms with Crippen molar-refractivity contribution < 1.29 is 18.7 Å². The highest BCUT2D eigenvalue weighted by Crippen LogP contribution is 2.38. The maximum atomic E-state index is 14.4. The van der Waals surface area contributed by atoms with E-state index in [-0.39, 0.29) is 29.2 Å². The van der Waals surface area contributed by atoms with E-state index in [0.29, 0.717) is 24.4 Å². The second-order valence-corrected chi connectivity index (χ2v) is 6.70. The zero-order valence-electron chi connectivity index (χ0n) is 13.9. The number of hydrogen-bond acceptors (Lipinski definition) is 4. The number of benzene rings is 1. The molecule has 1 aliphatic heterocycles. The van der Waals surface area contributed by atoms with Crippen LogP contribution >= 0.6 is 0 Å². The highest BCUT2D eigenvalue weighted by Gasteiger charge is 2.43. The summed E-state index contributed by atoms with van der Waals surface area (Å²) in [5.41, 5.74) is 0.465. The Morgan fingerprint density at radius 3 is 2.45 bits per heavy atom. The Balaban J connectivity index is 2.35. The molecule has 1 aliphatic rings. The second kappa shape index (κ2) is 6.24. The van der Waals surface area contributed by atoms with Crippen LogP contribution in [0.5, 0.6) is 5.75 Å². The van der Waals surface area contributed by atoms with Gasteiger partial charge < -0.3 is 9.47 Å². The van der Waals surface area contributed by atoms with Crippen molar-refractivity contribution in [3.8, 4) is 5.75 Å². The normalized spacial score (nSPS) is 22.6. The molecule has 2 rings (SSSR count). The van der Waals surface area contributed by atoms with Gasteiger partial charge in [0.25, 0.3) is 0 Å². The Labute approximate surface area is 131 Å². The number of rotatable bonds is 3. The SMILES string of the molecule is COC(=O)[C@@H]1CN(C(C)(C)C)C[C@H]1c1ccc(OC)cc1F. The first-order chi connectivity index (χ1) is 10.3.